The molecule has 0 spiro atoms. The van der Waals surface area contributed by atoms with Crippen molar-refractivity contribution in [1.29, 1.82) is 0 Å². The van der Waals surface area contributed by atoms with Gasteiger partial charge < -0.3 is 15.8 Å². The molecule has 4 aromatic rings. The fraction of sp³-hybridized carbons (Fsp3) is 0.240. The molecule has 0 saturated carbocycles. The molecule has 190 valence electrons. The lowest BCUT2D eigenvalue weighted by molar-refractivity contribution is 0.101. The lowest BCUT2D eigenvalue weighted by Gasteiger charge is -2.22. The molecule has 4 rings (SSSR count). The number of nitrogen functional groups attached to an aromatic ring is 1. The van der Waals surface area contributed by atoms with Gasteiger partial charge in [0, 0.05) is 29.6 Å². The van der Waals surface area contributed by atoms with Crippen LogP contribution in [0.5, 0.6) is 5.75 Å². The highest BCUT2D eigenvalue weighted by molar-refractivity contribution is 7.59. The summed E-state index contributed by atoms with van der Waals surface area (Å²) >= 11 is 6.26. The predicted octanol–water partition coefficient (Wildman–Crippen LogP) is 5.86. The third kappa shape index (κ3) is 5.10. The first-order chi connectivity index (χ1) is 16.6. The number of rotatable bonds is 6. The maximum absolute atomic E-state index is 15.3. The third-order valence-corrected chi connectivity index (χ3v) is 5.80. The van der Waals surface area contributed by atoms with Crippen molar-refractivity contribution >= 4 is 48.0 Å². The summed E-state index contributed by atoms with van der Waals surface area (Å²) in [4.78, 5) is 22.0. The van der Waals surface area contributed by atoms with E-state index in [9.17, 15) is 9.18 Å². The Kier molecular flexibility index (Phi) is 8.10. The van der Waals surface area contributed by atoms with Gasteiger partial charge in [-0.15, -0.1) is 0 Å². The average Bonchev–Trinajstić information content (AvgIpc) is 3.14. The first-order valence-electron chi connectivity index (χ1n) is 10.9. The Morgan fingerprint density at radius 1 is 1.19 bits per heavy atom. The van der Waals surface area contributed by atoms with Gasteiger partial charge in [0.15, 0.2) is 5.82 Å². The summed E-state index contributed by atoms with van der Waals surface area (Å²) in [6, 6.07) is 6.57. The van der Waals surface area contributed by atoms with E-state index in [0.717, 1.165) is 0 Å². The molecule has 11 heteroatoms. The van der Waals surface area contributed by atoms with Gasteiger partial charge in [0.05, 0.1) is 16.8 Å². The molecular formula is C25H26ClF2N5O2S. The van der Waals surface area contributed by atoms with Crippen LogP contribution in [-0.4, -0.2) is 26.4 Å². The number of nitrogens with one attached hydrogen (secondary N) is 1. The molecule has 2 aromatic heterocycles. The standard InChI is InChI=1S/C25H24ClF2N5O2.H2S/c1-12(2)35-22-17(13(3)24-31-14(4)21-23(29)30-9-10-33(21)24)11-18(26)20(28)19(22)25(34)32-16-7-5-15(27)6-8-16;/h5-13H,1-4H3,(H2,29,30)(H,32,34);1H2/t13-;/m0./s1. The van der Waals surface area contributed by atoms with Gasteiger partial charge in [-0.05, 0) is 51.1 Å². The number of halogens is 3. The smallest absolute Gasteiger partial charge is 0.262 e. The Morgan fingerprint density at radius 3 is 2.50 bits per heavy atom. The first-order valence-corrected chi connectivity index (χ1v) is 11.3. The zero-order valence-corrected chi connectivity index (χ0v) is 21.8. The minimum Gasteiger partial charge on any atom is -0.490 e. The summed E-state index contributed by atoms with van der Waals surface area (Å²) in [5, 5.41) is 2.34. The van der Waals surface area contributed by atoms with Crippen molar-refractivity contribution in [1.82, 2.24) is 14.4 Å². The van der Waals surface area contributed by atoms with Crippen LogP contribution in [0.3, 0.4) is 0 Å². The van der Waals surface area contributed by atoms with Gasteiger partial charge in [-0.2, -0.15) is 13.5 Å². The lowest BCUT2D eigenvalue weighted by atomic mass is 9.95. The summed E-state index contributed by atoms with van der Waals surface area (Å²) in [6.07, 6.45) is 2.91. The van der Waals surface area contributed by atoms with E-state index in [2.05, 4.69) is 15.3 Å². The highest BCUT2D eigenvalue weighted by atomic mass is 35.5. The number of aryl methyl sites for hydroxylation is 1. The predicted molar refractivity (Wildman–Crippen MR) is 142 cm³/mol. The molecule has 0 saturated heterocycles. The molecular weight excluding hydrogens is 508 g/mol. The molecule has 2 aromatic carbocycles. The van der Waals surface area contributed by atoms with Crippen LogP contribution in [0, 0.1) is 18.6 Å². The number of benzene rings is 2. The SMILES string of the molecule is Cc1nc([C@@H](C)c2cc(Cl)c(F)c(C(=O)Nc3ccc(F)cc3)c2OC(C)C)n2ccnc(N)c12.S. The van der Waals surface area contributed by atoms with Crippen molar-refractivity contribution in [3.05, 3.63) is 82.0 Å². The molecule has 0 unspecified atom stereocenters. The summed E-state index contributed by atoms with van der Waals surface area (Å²) < 4.78 is 36.4. The normalized spacial score (nSPS) is 11.9. The average molecular weight is 534 g/mol. The lowest BCUT2D eigenvalue weighted by Crippen LogP contribution is -2.20. The Morgan fingerprint density at radius 2 is 1.86 bits per heavy atom. The second-order valence-electron chi connectivity index (χ2n) is 8.40. The van der Waals surface area contributed by atoms with Crippen LogP contribution in [0.25, 0.3) is 5.52 Å². The number of hydrogen-bond acceptors (Lipinski definition) is 5. The molecule has 1 amide bonds. The van der Waals surface area contributed by atoms with Crippen LogP contribution in [0.2, 0.25) is 5.02 Å². The van der Waals surface area contributed by atoms with E-state index < -0.39 is 23.5 Å². The van der Waals surface area contributed by atoms with Crippen LogP contribution in [0.4, 0.5) is 20.3 Å². The van der Waals surface area contributed by atoms with E-state index in [4.69, 9.17) is 22.1 Å². The van der Waals surface area contributed by atoms with Gasteiger partial charge in [-0.1, -0.05) is 18.5 Å². The number of aromatic nitrogens is 3. The molecule has 0 aliphatic carbocycles. The van der Waals surface area contributed by atoms with E-state index in [1.165, 1.54) is 30.3 Å². The fourth-order valence-corrected chi connectivity index (χ4v) is 4.17. The number of anilines is 2. The molecule has 0 aliphatic rings. The van der Waals surface area contributed by atoms with Gasteiger partial charge >= 0.3 is 0 Å². The van der Waals surface area contributed by atoms with E-state index in [1.54, 1.807) is 30.6 Å². The molecule has 0 radical (unpaired) electrons. The Bertz CT molecular complexity index is 1430. The van der Waals surface area contributed by atoms with E-state index in [0.29, 0.717) is 34.1 Å². The largest absolute Gasteiger partial charge is 0.490 e. The van der Waals surface area contributed by atoms with Crippen LogP contribution < -0.4 is 15.8 Å². The number of amides is 1. The molecule has 1 atom stereocenters. The Balaban J connectivity index is 0.00000361. The highest BCUT2D eigenvalue weighted by Crippen LogP contribution is 2.40. The van der Waals surface area contributed by atoms with Crippen molar-refractivity contribution in [3.63, 3.8) is 0 Å². The van der Waals surface area contributed by atoms with E-state index in [-0.39, 0.29) is 35.9 Å². The molecule has 0 aliphatic heterocycles. The number of fused-ring (bicyclic) bond motifs is 1. The van der Waals surface area contributed by atoms with E-state index in [1.807, 2.05) is 13.8 Å². The minimum atomic E-state index is -0.921. The number of imidazole rings is 1. The van der Waals surface area contributed by atoms with Crippen LogP contribution in [0.15, 0.2) is 42.7 Å². The van der Waals surface area contributed by atoms with Gasteiger partial charge in [-0.25, -0.2) is 18.7 Å². The summed E-state index contributed by atoms with van der Waals surface area (Å²) in [6.45, 7) is 7.20. The number of carbonyl (C=O) groups excluding carboxylic acids is 1. The Hall–Kier alpha value is -3.37. The van der Waals surface area contributed by atoms with Crippen molar-refractivity contribution in [2.75, 3.05) is 11.1 Å². The maximum Gasteiger partial charge on any atom is 0.262 e. The van der Waals surface area contributed by atoms with Gasteiger partial charge in [0.25, 0.3) is 5.91 Å². The van der Waals surface area contributed by atoms with Crippen LogP contribution >= 0.6 is 25.1 Å². The molecule has 0 fully saturated rings. The summed E-state index contributed by atoms with van der Waals surface area (Å²) in [5.41, 5.74) is 7.79. The van der Waals surface area contributed by atoms with Crippen LogP contribution in [0.1, 0.15) is 54.1 Å². The topological polar surface area (TPSA) is 94.5 Å². The summed E-state index contributed by atoms with van der Waals surface area (Å²) in [5.74, 6) is -1.67. The zero-order chi connectivity index (χ0) is 25.4. The molecule has 0 bridgehead atoms. The van der Waals surface area contributed by atoms with Crippen LogP contribution in [-0.2, 0) is 0 Å². The number of nitrogens with zero attached hydrogens (tertiary/aromatic N) is 3. The number of hydrogen-bond donors (Lipinski definition) is 2. The van der Waals surface area contributed by atoms with Gasteiger partial charge in [0.1, 0.15) is 34.3 Å². The molecule has 36 heavy (non-hydrogen) atoms. The monoisotopic (exact) mass is 533 g/mol. The molecule has 7 nitrogen and oxygen atoms in total. The van der Waals surface area contributed by atoms with Gasteiger partial charge in [0.2, 0.25) is 0 Å². The first kappa shape index (κ1) is 27.2. The van der Waals surface area contributed by atoms with Crippen molar-refractivity contribution < 1.29 is 18.3 Å². The fourth-order valence-electron chi connectivity index (χ4n) is 3.96. The quantitative estimate of drug-likeness (QED) is 0.324. The molecule has 3 N–H and O–H groups in total. The van der Waals surface area contributed by atoms with Crippen molar-refractivity contribution in [2.24, 2.45) is 0 Å². The second kappa shape index (κ2) is 10.7. The maximum atomic E-state index is 15.3. The minimum absolute atomic E-state index is 0. The highest BCUT2D eigenvalue weighted by Gasteiger charge is 2.30. The van der Waals surface area contributed by atoms with Gasteiger partial charge in [-0.3, -0.25) is 9.20 Å². The van der Waals surface area contributed by atoms with Crippen molar-refractivity contribution in [2.45, 2.75) is 39.7 Å². The number of carbonyl (C=O) groups is 1. The Labute approximate surface area is 219 Å². The number of ether oxygens (including phenoxy) is 1. The zero-order valence-electron chi connectivity index (χ0n) is 20.1. The molecule has 2 heterocycles. The number of nitrogens with two attached hydrogens (primary N) is 1. The summed E-state index contributed by atoms with van der Waals surface area (Å²) in [7, 11) is 0. The second-order valence-corrected chi connectivity index (χ2v) is 8.81. The van der Waals surface area contributed by atoms with E-state index >= 15 is 4.39 Å². The third-order valence-electron chi connectivity index (χ3n) is 5.52. The van der Waals surface area contributed by atoms with Crippen molar-refractivity contribution in [3.8, 4) is 5.75 Å².